The van der Waals surface area contributed by atoms with E-state index in [2.05, 4.69) is 32.7 Å². The van der Waals surface area contributed by atoms with Crippen LogP contribution in [0.1, 0.15) is 24.3 Å². The maximum atomic E-state index is 11.8. The van der Waals surface area contributed by atoms with Gasteiger partial charge in [-0.15, -0.1) is 0 Å². The number of rotatable bonds is 4. The molecule has 1 aliphatic heterocycles. The molecule has 1 aromatic rings. The van der Waals surface area contributed by atoms with Gasteiger partial charge in [0.15, 0.2) is 5.69 Å². The molecular formula is C13H17BrN2O3. The lowest BCUT2D eigenvalue weighted by molar-refractivity contribution is -0.0171. The van der Waals surface area contributed by atoms with Gasteiger partial charge < -0.3 is 14.4 Å². The third-order valence-corrected chi connectivity index (χ3v) is 3.81. The van der Waals surface area contributed by atoms with Crippen LogP contribution >= 0.6 is 15.9 Å². The summed E-state index contributed by atoms with van der Waals surface area (Å²) < 4.78 is 11.0. The van der Waals surface area contributed by atoms with Crippen LogP contribution in [0, 0.1) is 0 Å². The van der Waals surface area contributed by atoms with Crippen molar-refractivity contribution in [2.24, 2.45) is 0 Å². The molecule has 1 fully saturated rings. The second-order valence-corrected chi connectivity index (χ2v) is 5.58. The summed E-state index contributed by atoms with van der Waals surface area (Å²) in [4.78, 5) is 18.2. The van der Waals surface area contributed by atoms with Crippen LogP contribution in [0.3, 0.4) is 0 Å². The Hall–Kier alpha value is -1.14. The van der Waals surface area contributed by atoms with Crippen LogP contribution in [0.5, 0.6) is 0 Å². The Morgan fingerprint density at radius 2 is 2.21 bits per heavy atom. The first-order valence-corrected chi connectivity index (χ1v) is 6.92. The molecular weight excluding hydrogens is 312 g/mol. The lowest BCUT2D eigenvalue weighted by Crippen LogP contribution is -2.61. The Balaban J connectivity index is 2.16. The number of hydrogen-bond acceptors (Lipinski definition) is 5. The standard InChI is InChI=1S/C13H17BrN2O3/c1-4-19-12(17)11-9(14)5-6-10(15-11)16-7-13(2,8-16)18-3/h5-6H,4,7-8H2,1-3H3. The molecule has 6 heteroatoms. The summed E-state index contributed by atoms with van der Waals surface area (Å²) in [6.45, 7) is 5.69. The van der Waals surface area contributed by atoms with Gasteiger partial charge in [-0.05, 0) is 41.9 Å². The molecule has 2 heterocycles. The Kier molecular flexibility index (Phi) is 4.10. The molecule has 1 saturated heterocycles. The molecule has 104 valence electrons. The smallest absolute Gasteiger partial charge is 0.358 e. The number of carbonyl (C=O) groups excluding carboxylic acids is 1. The summed E-state index contributed by atoms with van der Waals surface area (Å²) in [6.07, 6.45) is 0. The first kappa shape index (κ1) is 14.3. The third kappa shape index (κ3) is 2.90. The molecule has 0 unspecified atom stereocenters. The van der Waals surface area contributed by atoms with E-state index in [0.717, 1.165) is 18.9 Å². The van der Waals surface area contributed by atoms with Gasteiger partial charge in [-0.1, -0.05) is 0 Å². The summed E-state index contributed by atoms with van der Waals surface area (Å²) in [5.74, 6) is 0.354. The SMILES string of the molecule is CCOC(=O)c1nc(N2CC(C)(OC)C2)ccc1Br. The molecule has 0 atom stereocenters. The van der Waals surface area contributed by atoms with E-state index in [1.54, 1.807) is 14.0 Å². The molecule has 0 bridgehead atoms. The quantitative estimate of drug-likeness (QED) is 0.793. The summed E-state index contributed by atoms with van der Waals surface area (Å²) in [5, 5.41) is 0. The fourth-order valence-electron chi connectivity index (χ4n) is 2.00. The number of ether oxygens (including phenoxy) is 2. The fraction of sp³-hybridized carbons (Fsp3) is 0.538. The zero-order chi connectivity index (χ0) is 14.0. The van der Waals surface area contributed by atoms with Crippen LogP contribution < -0.4 is 4.90 Å². The van der Waals surface area contributed by atoms with Crippen molar-refractivity contribution in [1.82, 2.24) is 4.98 Å². The van der Waals surface area contributed by atoms with Gasteiger partial charge in [0.2, 0.25) is 0 Å². The minimum Gasteiger partial charge on any atom is -0.461 e. The van der Waals surface area contributed by atoms with Gasteiger partial charge in [0.05, 0.1) is 16.7 Å². The van der Waals surface area contributed by atoms with E-state index in [0.29, 0.717) is 16.8 Å². The largest absolute Gasteiger partial charge is 0.461 e. The van der Waals surface area contributed by atoms with Crippen molar-refractivity contribution in [3.63, 3.8) is 0 Å². The number of esters is 1. The number of pyridine rings is 1. The summed E-state index contributed by atoms with van der Waals surface area (Å²) >= 11 is 3.32. The van der Waals surface area contributed by atoms with E-state index in [1.807, 2.05) is 12.1 Å². The van der Waals surface area contributed by atoms with Crippen molar-refractivity contribution in [3.05, 3.63) is 22.3 Å². The second kappa shape index (κ2) is 5.46. The van der Waals surface area contributed by atoms with E-state index in [4.69, 9.17) is 9.47 Å². The monoisotopic (exact) mass is 328 g/mol. The second-order valence-electron chi connectivity index (χ2n) is 4.73. The number of hydrogen-bond donors (Lipinski definition) is 0. The summed E-state index contributed by atoms with van der Waals surface area (Å²) in [6, 6.07) is 3.69. The van der Waals surface area contributed by atoms with Gasteiger partial charge in [-0.25, -0.2) is 9.78 Å². The van der Waals surface area contributed by atoms with Crippen LogP contribution in [0.2, 0.25) is 0 Å². The van der Waals surface area contributed by atoms with E-state index >= 15 is 0 Å². The van der Waals surface area contributed by atoms with Gasteiger partial charge in [0, 0.05) is 20.2 Å². The molecule has 0 amide bonds. The molecule has 19 heavy (non-hydrogen) atoms. The molecule has 0 saturated carbocycles. The average molecular weight is 329 g/mol. The Labute approximate surface area is 121 Å². The van der Waals surface area contributed by atoms with E-state index in [1.165, 1.54) is 0 Å². The molecule has 5 nitrogen and oxygen atoms in total. The molecule has 2 rings (SSSR count). The van der Waals surface area contributed by atoms with Crippen LogP contribution in [-0.4, -0.2) is 43.4 Å². The molecule has 0 aliphatic carbocycles. The van der Waals surface area contributed by atoms with Crippen LogP contribution in [0.15, 0.2) is 16.6 Å². The van der Waals surface area contributed by atoms with Crippen LogP contribution in [-0.2, 0) is 9.47 Å². The topological polar surface area (TPSA) is 51.7 Å². The number of halogens is 1. The summed E-state index contributed by atoms with van der Waals surface area (Å²) in [5.41, 5.74) is 0.184. The normalized spacial score (nSPS) is 16.9. The molecule has 0 spiro atoms. The predicted octanol–water partition coefficient (Wildman–Crippen LogP) is 2.25. The molecule has 0 N–H and O–H groups in total. The Morgan fingerprint density at radius 3 is 2.79 bits per heavy atom. The zero-order valence-corrected chi connectivity index (χ0v) is 12.9. The van der Waals surface area contributed by atoms with Crippen molar-refractivity contribution >= 4 is 27.7 Å². The third-order valence-electron chi connectivity index (χ3n) is 3.17. The first-order chi connectivity index (χ1) is 8.99. The highest BCUT2D eigenvalue weighted by Crippen LogP contribution is 2.30. The van der Waals surface area contributed by atoms with Crippen LogP contribution in [0.4, 0.5) is 5.82 Å². The average Bonchev–Trinajstić information content (AvgIpc) is 2.36. The van der Waals surface area contributed by atoms with Crippen molar-refractivity contribution in [1.29, 1.82) is 0 Å². The highest BCUT2D eigenvalue weighted by molar-refractivity contribution is 9.10. The Morgan fingerprint density at radius 1 is 1.53 bits per heavy atom. The highest BCUT2D eigenvalue weighted by Gasteiger charge is 2.39. The van der Waals surface area contributed by atoms with E-state index in [9.17, 15) is 4.79 Å². The van der Waals surface area contributed by atoms with E-state index in [-0.39, 0.29) is 5.60 Å². The van der Waals surface area contributed by atoms with Gasteiger partial charge in [0.25, 0.3) is 0 Å². The number of nitrogens with zero attached hydrogens (tertiary/aromatic N) is 2. The number of methoxy groups -OCH3 is 1. The van der Waals surface area contributed by atoms with Gasteiger partial charge >= 0.3 is 5.97 Å². The van der Waals surface area contributed by atoms with Crippen molar-refractivity contribution in [3.8, 4) is 0 Å². The number of aromatic nitrogens is 1. The number of anilines is 1. The molecule has 0 aromatic carbocycles. The van der Waals surface area contributed by atoms with Crippen molar-refractivity contribution < 1.29 is 14.3 Å². The highest BCUT2D eigenvalue weighted by atomic mass is 79.9. The lowest BCUT2D eigenvalue weighted by Gasteiger charge is -2.47. The molecule has 1 aromatic heterocycles. The maximum absolute atomic E-state index is 11.8. The van der Waals surface area contributed by atoms with Gasteiger partial charge in [0.1, 0.15) is 5.82 Å². The minimum absolute atomic E-state index is 0.126. The molecule has 1 aliphatic rings. The summed E-state index contributed by atoms with van der Waals surface area (Å²) in [7, 11) is 1.70. The van der Waals surface area contributed by atoms with E-state index < -0.39 is 5.97 Å². The zero-order valence-electron chi connectivity index (χ0n) is 11.3. The maximum Gasteiger partial charge on any atom is 0.358 e. The van der Waals surface area contributed by atoms with Gasteiger partial charge in [-0.2, -0.15) is 0 Å². The minimum atomic E-state index is -0.411. The van der Waals surface area contributed by atoms with Crippen molar-refractivity contribution in [2.75, 3.05) is 31.7 Å². The lowest BCUT2D eigenvalue weighted by atomic mass is 9.96. The number of carbonyl (C=O) groups is 1. The van der Waals surface area contributed by atoms with Crippen molar-refractivity contribution in [2.45, 2.75) is 19.4 Å². The van der Waals surface area contributed by atoms with Crippen LogP contribution in [0.25, 0.3) is 0 Å². The van der Waals surface area contributed by atoms with Gasteiger partial charge in [-0.3, -0.25) is 0 Å². The predicted molar refractivity (Wildman–Crippen MR) is 75.5 cm³/mol. The first-order valence-electron chi connectivity index (χ1n) is 6.13. The Bertz CT molecular complexity index is 487. The fourth-order valence-corrected chi connectivity index (χ4v) is 2.39. The molecule has 0 radical (unpaired) electrons.